The normalized spacial score (nSPS) is 13.0. The third-order valence-corrected chi connectivity index (χ3v) is 6.34. The summed E-state index contributed by atoms with van der Waals surface area (Å²) >= 11 is 0.833. The average molecular weight is 383 g/mol. The first-order chi connectivity index (χ1) is 11.7. The molecule has 0 spiro atoms. The molecule has 0 radical (unpaired) electrons. The number of amides is 1. The second-order valence-electron chi connectivity index (χ2n) is 5.96. The van der Waals surface area contributed by atoms with Crippen molar-refractivity contribution in [3.63, 3.8) is 0 Å². The molecule has 1 aromatic heterocycles. The van der Waals surface area contributed by atoms with Crippen molar-refractivity contribution in [2.45, 2.75) is 44.5 Å². The SMILES string of the molecule is CC[C@@H](NS(=O)(=O)c1nnc(NC(=O)C(C)C)s1)c1ccccc1C. The van der Waals surface area contributed by atoms with E-state index in [0.29, 0.717) is 6.42 Å². The summed E-state index contributed by atoms with van der Waals surface area (Å²) in [5.41, 5.74) is 1.94. The maximum Gasteiger partial charge on any atom is 0.270 e. The predicted octanol–water partition coefficient (Wildman–Crippen LogP) is 2.87. The van der Waals surface area contributed by atoms with Gasteiger partial charge in [-0.05, 0) is 24.5 Å². The van der Waals surface area contributed by atoms with Crippen molar-refractivity contribution in [1.29, 1.82) is 0 Å². The third kappa shape index (κ3) is 4.83. The number of anilines is 1. The minimum atomic E-state index is -3.83. The number of hydrogen-bond acceptors (Lipinski definition) is 6. The Bertz CT molecular complexity index is 847. The molecular formula is C16H22N4O3S2. The van der Waals surface area contributed by atoms with Gasteiger partial charge in [0.2, 0.25) is 15.4 Å². The molecule has 0 unspecified atom stereocenters. The molecule has 0 saturated carbocycles. The highest BCUT2D eigenvalue weighted by atomic mass is 32.2. The summed E-state index contributed by atoms with van der Waals surface area (Å²) in [5, 5.41) is 10.2. The minimum absolute atomic E-state index is 0.168. The largest absolute Gasteiger partial charge is 0.300 e. The van der Waals surface area contributed by atoms with Crippen molar-refractivity contribution < 1.29 is 13.2 Å². The van der Waals surface area contributed by atoms with Gasteiger partial charge in [0.25, 0.3) is 10.0 Å². The molecule has 136 valence electrons. The van der Waals surface area contributed by atoms with Gasteiger partial charge in [0.1, 0.15) is 0 Å². The van der Waals surface area contributed by atoms with E-state index in [1.165, 1.54) is 0 Å². The zero-order valence-corrected chi connectivity index (χ0v) is 16.2. The lowest BCUT2D eigenvalue weighted by Crippen LogP contribution is -2.28. The maximum absolute atomic E-state index is 12.6. The molecule has 1 heterocycles. The van der Waals surface area contributed by atoms with E-state index in [9.17, 15) is 13.2 Å². The van der Waals surface area contributed by atoms with Gasteiger partial charge in [0, 0.05) is 12.0 Å². The fraction of sp³-hybridized carbons (Fsp3) is 0.438. The molecule has 2 rings (SSSR count). The van der Waals surface area contributed by atoms with Crippen LogP contribution in [0.2, 0.25) is 0 Å². The van der Waals surface area contributed by atoms with Gasteiger partial charge in [0.15, 0.2) is 0 Å². The van der Waals surface area contributed by atoms with E-state index in [4.69, 9.17) is 0 Å². The molecule has 2 aromatic rings. The molecule has 0 bridgehead atoms. The summed E-state index contributed by atoms with van der Waals surface area (Å²) in [6.07, 6.45) is 0.597. The quantitative estimate of drug-likeness (QED) is 0.717. The van der Waals surface area contributed by atoms with Gasteiger partial charge in [-0.3, -0.25) is 4.79 Å². The molecule has 0 saturated heterocycles. The van der Waals surface area contributed by atoms with Crippen molar-refractivity contribution in [3.8, 4) is 0 Å². The van der Waals surface area contributed by atoms with E-state index >= 15 is 0 Å². The topological polar surface area (TPSA) is 101 Å². The molecule has 0 aliphatic carbocycles. The van der Waals surface area contributed by atoms with Gasteiger partial charge in [-0.15, -0.1) is 10.2 Å². The van der Waals surface area contributed by atoms with Crippen molar-refractivity contribution in [2.75, 3.05) is 5.32 Å². The van der Waals surface area contributed by atoms with Gasteiger partial charge in [-0.25, -0.2) is 13.1 Å². The fourth-order valence-corrected chi connectivity index (χ4v) is 4.42. The number of carbonyl (C=O) groups excluding carboxylic acids is 1. The van der Waals surface area contributed by atoms with Crippen molar-refractivity contribution >= 4 is 32.4 Å². The van der Waals surface area contributed by atoms with E-state index in [1.807, 2.05) is 38.1 Å². The van der Waals surface area contributed by atoms with E-state index < -0.39 is 10.0 Å². The minimum Gasteiger partial charge on any atom is -0.300 e. The highest BCUT2D eigenvalue weighted by molar-refractivity contribution is 7.91. The highest BCUT2D eigenvalue weighted by Crippen LogP contribution is 2.25. The Labute approximate surface area is 151 Å². The van der Waals surface area contributed by atoms with Crippen LogP contribution in [0.5, 0.6) is 0 Å². The zero-order valence-electron chi connectivity index (χ0n) is 14.6. The Morgan fingerprint density at radius 2 is 1.92 bits per heavy atom. The summed E-state index contributed by atoms with van der Waals surface area (Å²) in [4.78, 5) is 11.7. The molecule has 1 atom stereocenters. The van der Waals surface area contributed by atoms with Crippen LogP contribution in [-0.2, 0) is 14.8 Å². The second kappa shape index (κ2) is 8.03. The number of rotatable bonds is 7. The first-order valence-electron chi connectivity index (χ1n) is 7.96. The van der Waals surface area contributed by atoms with E-state index in [2.05, 4.69) is 20.2 Å². The van der Waals surface area contributed by atoms with Gasteiger partial charge < -0.3 is 5.32 Å². The summed E-state index contributed by atoms with van der Waals surface area (Å²) in [6, 6.07) is 7.28. The fourth-order valence-electron chi connectivity index (χ4n) is 2.20. The lowest BCUT2D eigenvalue weighted by molar-refractivity contribution is -0.118. The van der Waals surface area contributed by atoms with Crippen LogP contribution in [0.25, 0.3) is 0 Å². The number of carbonyl (C=O) groups is 1. The number of sulfonamides is 1. The summed E-state index contributed by atoms with van der Waals surface area (Å²) in [5.74, 6) is -0.466. The smallest absolute Gasteiger partial charge is 0.270 e. The van der Waals surface area contributed by atoms with Crippen LogP contribution in [0.4, 0.5) is 5.13 Å². The summed E-state index contributed by atoms with van der Waals surface area (Å²) in [6.45, 7) is 7.33. The Morgan fingerprint density at radius 3 is 2.52 bits per heavy atom. The van der Waals surface area contributed by atoms with Gasteiger partial charge in [0.05, 0.1) is 0 Å². The number of hydrogen-bond donors (Lipinski definition) is 2. The van der Waals surface area contributed by atoms with Crippen LogP contribution in [-0.4, -0.2) is 24.5 Å². The van der Waals surface area contributed by atoms with Crippen molar-refractivity contribution in [2.24, 2.45) is 5.92 Å². The van der Waals surface area contributed by atoms with Gasteiger partial charge >= 0.3 is 0 Å². The molecule has 1 amide bonds. The van der Waals surface area contributed by atoms with E-state index in [1.54, 1.807) is 13.8 Å². The molecule has 9 heteroatoms. The van der Waals surface area contributed by atoms with Crippen LogP contribution in [0.1, 0.15) is 44.4 Å². The molecule has 2 N–H and O–H groups in total. The number of nitrogens with one attached hydrogen (secondary N) is 2. The predicted molar refractivity (Wildman–Crippen MR) is 97.9 cm³/mol. The molecule has 0 aliphatic heterocycles. The second-order valence-corrected chi connectivity index (χ2v) is 8.82. The lowest BCUT2D eigenvalue weighted by Gasteiger charge is -2.18. The Kier molecular flexibility index (Phi) is 6.26. The maximum atomic E-state index is 12.6. The molecule has 7 nitrogen and oxygen atoms in total. The number of aromatic nitrogens is 2. The lowest BCUT2D eigenvalue weighted by atomic mass is 10.0. The molecule has 0 fully saturated rings. The Morgan fingerprint density at radius 1 is 1.24 bits per heavy atom. The van der Waals surface area contributed by atoms with Crippen molar-refractivity contribution in [3.05, 3.63) is 35.4 Å². The summed E-state index contributed by atoms with van der Waals surface area (Å²) in [7, 11) is -3.83. The zero-order chi connectivity index (χ0) is 18.6. The van der Waals surface area contributed by atoms with Gasteiger partial charge in [-0.1, -0.05) is 56.4 Å². The standard InChI is InChI=1S/C16H22N4O3S2/c1-5-13(12-9-7-6-8-11(12)4)20-25(22,23)16-19-18-15(24-16)17-14(21)10(2)3/h6-10,13,20H,5H2,1-4H3,(H,17,18,21)/t13-/m1/s1. The highest BCUT2D eigenvalue weighted by Gasteiger charge is 2.25. The van der Waals surface area contributed by atoms with E-state index in [-0.39, 0.29) is 27.3 Å². The Balaban J connectivity index is 2.20. The molecule has 25 heavy (non-hydrogen) atoms. The Hall–Kier alpha value is -1.84. The summed E-state index contributed by atoms with van der Waals surface area (Å²) < 4.78 is 27.7. The number of benzene rings is 1. The van der Waals surface area contributed by atoms with Crippen LogP contribution >= 0.6 is 11.3 Å². The first-order valence-corrected chi connectivity index (χ1v) is 10.3. The van der Waals surface area contributed by atoms with Crippen LogP contribution < -0.4 is 10.0 Å². The average Bonchev–Trinajstić information content (AvgIpc) is 3.02. The van der Waals surface area contributed by atoms with E-state index in [0.717, 1.165) is 22.5 Å². The van der Waals surface area contributed by atoms with Crippen LogP contribution in [0.3, 0.4) is 0 Å². The van der Waals surface area contributed by atoms with Crippen molar-refractivity contribution in [1.82, 2.24) is 14.9 Å². The molecule has 1 aromatic carbocycles. The van der Waals surface area contributed by atoms with Crippen LogP contribution in [0.15, 0.2) is 28.6 Å². The van der Waals surface area contributed by atoms with Crippen LogP contribution in [0, 0.1) is 12.8 Å². The van der Waals surface area contributed by atoms with Gasteiger partial charge in [-0.2, -0.15) is 0 Å². The first kappa shape index (κ1) is 19.5. The third-order valence-electron chi connectivity index (χ3n) is 3.66. The molecular weight excluding hydrogens is 360 g/mol. The monoisotopic (exact) mass is 382 g/mol. The molecule has 0 aliphatic rings. The number of aryl methyl sites for hydroxylation is 1. The number of nitrogens with zero attached hydrogens (tertiary/aromatic N) is 2.